The molecule has 0 saturated carbocycles. The highest BCUT2D eigenvalue weighted by molar-refractivity contribution is 5.79. The molecule has 2 aromatic rings. The lowest BCUT2D eigenvalue weighted by Gasteiger charge is -2.32. The summed E-state index contributed by atoms with van der Waals surface area (Å²) < 4.78 is 0. The van der Waals surface area contributed by atoms with Crippen LogP contribution in [0.15, 0.2) is 48.7 Å². The summed E-state index contributed by atoms with van der Waals surface area (Å²) in [5.41, 5.74) is 3.42. The number of aryl methyl sites for hydroxylation is 1. The Bertz CT molecular complexity index is 831. The first-order chi connectivity index (χ1) is 13.7. The molecule has 2 aliphatic rings. The van der Waals surface area contributed by atoms with E-state index in [1.807, 2.05) is 35.2 Å². The van der Waals surface area contributed by atoms with Gasteiger partial charge in [-0.25, -0.2) is 4.79 Å². The lowest BCUT2D eigenvalue weighted by Crippen LogP contribution is -2.47. The smallest absolute Gasteiger partial charge is 0.317 e. The number of aromatic nitrogens is 1. The van der Waals surface area contributed by atoms with Gasteiger partial charge >= 0.3 is 6.03 Å². The topological polar surface area (TPSA) is 74.3 Å². The maximum atomic E-state index is 12.7. The summed E-state index contributed by atoms with van der Waals surface area (Å²) in [6, 6.07) is 14.1. The molecule has 3 amide bonds. The monoisotopic (exact) mass is 378 g/mol. The molecular formula is C22H26N4O2. The van der Waals surface area contributed by atoms with Crippen LogP contribution >= 0.6 is 0 Å². The average molecular weight is 378 g/mol. The summed E-state index contributed by atoms with van der Waals surface area (Å²) in [6.07, 6.45) is 5.09. The van der Waals surface area contributed by atoms with Gasteiger partial charge in [-0.2, -0.15) is 0 Å². The fourth-order valence-electron chi connectivity index (χ4n) is 4.12. The molecule has 0 spiro atoms. The van der Waals surface area contributed by atoms with E-state index >= 15 is 0 Å². The maximum absolute atomic E-state index is 12.7. The van der Waals surface area contributed by atoms with Crippen molar-refractivity contribution < 1.29 is 9.59 Å². The van der Waals surface area contributed by atoms with Crippen LogP contribution in [0.25, 0.3) is 0 Å². The normalized spacial score (nSPS) is 19.1. The molecule has 1 fully saturated rings. The molecule has 1 atom stereocenters. The van der Waals surface area contributed by atoms with Gasteiger partial charge in [-0.05, 0) is 48.9 Å². The van der Waals surface area contributed by atoms with Crippen molar-refractivity contribution in [2.45, 2.75) is 38.3 Å². The van der Waals surface area contributed by atoms with Gasteiger partial charge in [-0.3, -0.25) is 9.78 Å². The maximum Gasteiger partial charge on any atom is 0.317 e. The first-order valence-corrected chi connectivity index (χ1v) is 10.0. The minimum Gasteiger partial charge on any atom is -0.350 e. The van der Waals surface area contributed by atoms with Gasteiger partial charge in [0.1, 0.15) is 0 Å². The van der Waals surface area contributed by atoms with Gasteiger partial charge in [-0.1, -0.05) is 30.3 Å². The summed E-state index contributed by atoms with van der Waals surface area (Å²) in [5, 5.41) is 6.14. The van der Waals surface area contributed by atoms with Crippen molar-refractivity contribution in [3.63, 3.8) is 0 Å². The zero-order chi connectivity index (χ0) is 19.3. The van der Waals surface area contributed by atoms with Crippen LogP contribution in [0.2, 0.25) is 0 Å². The number of rotatable bonds is 4. The molecule has 6 nitrogen and oxygen atoms in total. The van der Waals surface area contributed by atoms with E-state index in [0.29, 0.717) is 32.5 Å². The van der Waals surface area contributed by atoms with Crippen LogP contribution in [0.3, 0.4) is 0 Å². The number of carbonyl (C=O) groups is 2. The second-order valence-corrected chi connectivity index (χ2v) is 7.54. The predicted octanol–water partition coefficient (Wildman–Crippen LogP) is 2.81. The largest absolute Gasteiger partial charge is 0.350 e. The first kappa shape index (κ1) is 18.5. The van der Waals surface area contributed by atoms with E-state index in [-0.39, 0.29) is 23.9 Å². The van der Waals surface area contributed by atoms with Crippen LogP contribution in [0.1, 0.15) is 42.1 Å². The molecular weight excluding hydrogens is 352 g/mol. The van der Waals surface area contributed by atoms with Crippen molar-refractivity contribution in [1.29, 1.82) is 0 Å². The van der Waals surface area contributed by atoms with Crippen LogP contribution in [0, 0.1) is 5.92 Å². The number of amides is 3. The van der Waals surface area contributed by atoms with E-state index in [1.165, 1.54) is 11.1 Å². The summed E-state index contributed by atoms with van der Waals surface area (Å²) in [7, 11) is 0. The molecule has 4 rings (SSSR count). The molecule has 2 heterocycles. The van der Waals surface area contributed by atoms with Gasteiger partial charge in [-0.15, -0.1) is 0 Å². The standard InChI is InChI=1S/C22H26N4O2/c27-21(24-15-18-6-3-4-12-23-18)17-10-13-26(14-11-17)22(28)25-20-9-8-16-5-1-2-7-19(16)20/h1-7,12,17,20H,8-11,13-15H2,(H,24,27)(H,25,28)/t20-/m0/s1. The molecule has 1 aliphatic carbocycles. The van der Waals surface area contributed by atoms with E-state index in [1.54, 1.807) is 6.20 Å². The van der Waals surface area contributed by atoms with Gasteiger partial charge in [0.15, 0.2) is 0 Å². The highest BCUT2D eigenvalue weighted by atomic mass is 16.2. The Morgan fingerprint density at radius 1 is 1.04 bits per heavy atom. The molecule has 6 heteroatoms. The molecule has 0 bridgehead atoms. The summed E-state index contributed by atoms with van der Waals surface area (Å²) >= 11 is 0. The Morgan fingerprint density at radius 3 is 2.61 bits per heavy atom. The van der Waals surface area contributed by atoms with Crippen LogP contribution in [0.4, 0.5) is 4.79 Å². The Hall–Kier alpha value is -2.89. The fourth-order valence-corrected chi connectivity index (χ4v) is 4.12. The molecule has 1 aromatic heterocycles. The molecule has 28 heavy (non-hydrogen) atoms. The Morgan fingerprint density at radius 2 is 1.82 bits per heavy atom. The first-order valence-electron chi connectivity index (χ1n) is 10.0. The van der Waals surface area contributed by atoms with Crippen molar-refractivity contribution in [3.8, 4) is 0 Å². The number of hydrogen-bond acceptors (Lipinski definition) is 3. The number of urea groups is 1. The highest BCUT2D eigenvalue weighted by Crippen LogP contribution is 2.31. The van der Waals surface area contributed by atoms with Crippen molar-refractivity contribution in [3.05, 3.63) is 65.5 Å². The van der Waals surface area contributed by atoms with Crippen molar-refractivity contribution in [2.75, 3.05) is 13.1 Å². The minimum atomic E-state index is -0.0417. The quantitative estimate of drug-likeness (QED) is 0.859. The molecule has 0 radical (unpaired) electrons. The van der Waals surface area contributed by atoms with E-state index in [0.717, 1.165) is 18.5 Å². The molecule has 146 valence electrons. The zero-order valence-electron chi connectivity index (χ0n) is 15.9. The number of likely N-dealkylation sites (tertiary alicyclic amines) is 1. The summed E-state index contributed by atoms with van der Waals surface area (Å²) in [6.45, 7) is 1.67. The van der Waals surface area contributed by atoms with E-state index in [4.69, 9.17) is 0 Å². The van der Waals surface area contributed by atoms with Crippen LogP contribution in [-0.2, 0) is 17.8 Å². The summed E-state index contributed by atoms with van der Waals surface area (Å²) in [4.78, 5) is 31.1. The van der Waals surface area contributed by atoms with Crippen molar-refractivity contribution >= 4 is 11.9 Å². The minimum absolute atomic E-state index is 0.0194. The van der Waals surface area contributed by atoms with E-state index < -0.39 is 0 Å². The lowest BCUT2D eigenvalue weighted by atomic mass is 9.96. The number of benzene rings is 1. The third-order valence-corrected chi connectivity index (χ3v) is 5.75. The second-order valence-electron chi connectivity index (χ2n) is 7.54. The fraction of sp³-hybridized carbons (Fsp3) is 0.409. The number of carbonyl (C=O) groups excluding carboxylic acids is 2. The molecule has 1 aromatic carbocycles. The van der Waals surface area contributed by atoms with Crippen molar-refractivity contribution in [1.82, 2.24) is 20.5 Å². The van der Waals surface area contributed by atoms with Gasteiger partial charge in [0, 0.05) is 25.2 Å². The SMILES string of the molecule is O=C(NCc1ccccn1)C1CCN(C(=O)N[C@H]2CCc3ccccc32)CC1. The number of fused-ring (bicyclic) bond motifs is 1. The third-order valence-electron chi connectivity index (χ3n) is 5.75. The number of pyridine rings is 1. The molecule has 2 N–H and O–H groups in total. The van der Waals surface area contributed by atoms with Gasteiger partial charge in [0.25, 0.3) is 0 Å². The number of nitrogens with one attached hydrogen (secondary N) is 2. The lowest BCUT2D eigenvalue weighted by molar-refractivity contribution is -0.126. The van der Waals surface area contributed by atoms with Crippen LogP contribution < -0.4 is 10.6 Å². The Labute approximate surface area is 165 Å². The number of hydrogen-bond donors (Lipinski definition) is 2. The number of nitrogens with zero attached hydrogens (tertiary/aromatic N) is 2. The van der Waals surface area contributed by atoms with E-state index in [2.05, 4.69) is 27.8 Å². The summed E-state index contributed by atoms with van der Waals surface area (Å²) in [5.74, 6) is 0.00963. The molecule has 1 saturated heterocycles. The van der Waals surface area contributed by atoms with Gasteiger partial charge < -0.3 is 15.5 Å². The molecule has 0 unspecified atom stereocenters. The second kappa shape index (κ2) is 8.42. The Kier molecular flexibility index (Phi) is 5.55. The predicted molar refractivity (Wildman–Crippen MR) is 106 cm³/mol. The third kappa shape index (κ3) is 4.16. The van der Waals surface area contributed by atoms with E-state index in [9.17, 15) is 9.59 Å². The molecule has 1 aliphatic heterocycles. The van der Waals surface area contributed by atoms with Gasteiger partial charge in [0.05, 0.1) is 18.3 Å². The Balaban J connectivity index is 1.24. The van der Waals surface area contributed by atoms with Gasteiger partial charge in [0.2, 0.25) is 5.91 Å². The average Bonchev–Trinajstić information content (AvgIpc) is 3.16. The van der Waals surface area contributed by atoms with Crippen molar-refractivity contribution in [2.24, 2.45) is 5.92 Å². The number of piperidine rings is 1. The highest BCUT2D eigenvalue weighted by Gasteiger charge is 2.30. The van der Waals surface area contributed by atoms with Crippen LogP contribution in [0.5, 0.6) is 0 Å². The zero-order valence-corrected chi connectivity index (χ0v) is 15.9. The van der Waals surface area contributed by atoms with Crippen LogP contribution in [-0.4, -0.2) is 34.9 Å².